The Labute approximate surface area is 126 Å². The van der Waals surface area contributed by atoms with E-state index in [2.05, 4.69) is 28.7 Å². The minimum atomic E-state index is 0.542. The van der Waals surface area contributed by atoms with Crippen molar-refractivity contribution in [3.05, 3.63) is 53.6 Å². The monoisotopic (exact) mass is 280 g/mol. The van der Waals surface area contributed by atoms with Gasteiger partial charge in [0.1, 0.15) is 5.75 Å². The molecule has 0 aliphatic carbocycles. The normalized spacial score (nSPS) is 9.81. The summed E-state index contributed by atoms with van der Waals surface area (Å²) in [6.45, 7) is 4.91. The van der Waals surface area contributed by atoms with Crippen molar-refractivity contribution in [2.75, 3.05) is 6.61 Å². The van der Waals surface area contributed by atoms with E-state index < -0.39 is 0 Å². The molecule has 3 nitrogen and oxygen atoms in total. The van der Waals surface area contributed by atoms with Crippen LogP contribution in [0.5, 0.6) is 5.75 Å². The van der Waals surface area contributed by atoms with Gasteiger partial charge in [0.2, 0.25) is 5.82 Å². The van der Waals surface area contributed by atoms with Crippen molar-refractivity contribution in [3.63, 3.8) is 0 Å². The number of nitrogens with zero attached hydrogens (tertiary/aromatic N) is 2. The molecular formula is C18H20N2O. The molecule has 0 amide bonds. The molecule has 0 saturated heterocycles. The number of rotatable bonds is 5. The smallest absolute Gasteiger partial charge is 0.205 e. The van der Waals surface area contributed by atoms with E-state index >= 15 is 0 Å². The Hall–Kier alpha value is -2.34. The van der Waals surface area contributed by atoms with Crippen LogP contribution in [0.2, 0.25) is 0 Å². The zero-order valence-corrected chi connectivity index (χ0v) is 12.6. The van der Waals surface area contributed by atoms with Gasteiger partial charge in [-0.2, -0.15) is 0 Å². The van der Waals surface area contributed by atoms with E-state index in [9.17, 15) is 0 Å². The van der Waals surface area contributed by atoms with Gasteiger partial charge in [0, 0.05) is 18.0 Å². The van der Waals surface area contributed by atoms with E-state index in [-0.39, 0.29) is 0 Å². The second-order valence-corrected chi connectivity index (χ2v) is 4.91. The lowest BCUT2D eigenvalue weighted by molar-refractivity contribution is 0.306. The van der Waals surface area contributed by atoms with E-state index in [4.69, 9.17) is 4.74 Å². The highest BCUT2D eigenvalue weighted by atomic mass is 16.5. The largest absolute Gasteiger partial charge is 0.494 e. The first-order valence-corrected chi connectivity index (χ1v) is 7.31. The van der Waals surface area contributed by atoms with Crippen LogP contribution in [0.3, 0.4) is 0 Å². The average Bonchev–Trinajstić information content (AvgIpc) is 2.52. The number of hydrogen-bond acceptors (Lipinski definition) is 3. The first kappa shape index (κ1) is 15.1. The second-order valence-electron chi connectivity index (χ2n) is 4.91. The summed E-state index contributed by atoms with van der Waals surface area (Å²) in [5.41, 5.74) is 1.96. The summed E-state index contributed by atoms with van der Waals surface area (Å²) < 4.78 is 5.67. The molecule has 108 valence electrons. The first-order valence-electron chi connectivity index (χ1n) is 7.31. The van der Waals surface area contributed by atoms with Crippen LogP contribution < -0.4 is 4.74 Å². The molecule has 0 atom stereocenters. The standard InChI is InChI=1S/C18H20N2O/c1-3-4-5-12-21-17-9-6-16(7-10-17)8-11-18-19-13-15(2)14-20-18/h6-7,9-10,13-14H,3-5,12H2,1-2H3. The van der Waals surface area contributed by atoms with Crippen LogP contribution in [-0.4, -0.2) is 16.6 Å². The topological polar surface area (TPSA) is 35.0 Å². The van der Waals surface area contributed by atoms with Crippen LogP contribution in [0.4, 0.5) is 0 Å². The molecule has 2 aromatic rings. The van der Waals surface area contributed by atoms with Crippen LogP contribution >= 0.6 is 0 Å². The van der Waals surface area contributed by atoms with E-state index in [1.165, 1.54) is 12.8 Å². The third-order valence-corrected chi connectivity index (χ3v) is 2.97. The third kappa shape index (κ3) is 5.27. The molecule has 0 radical (unpaired) electrons. The van der Waals surface area contributed by atoms with Gasteiger partial charge in [-0.05, 0) is 49.1 Å². The molecule has 0 N–H and O–H groups in total. The maximum atomic E-state index is 5.67. The van der Waals surface area contributed by atoms with Crippen molar-refractivity contribution in [1.29, 1.82) is 0 Å². The Bertz CT molecular complexity index is 606. The number of benzene rings is 1. The molecule has 0 spiro atoms. The SMILES string of the molecule is CCCCCOc1ccc(C#Cc2ncc(C)cn2)cc1. The highest BCUT2D eigenvalue weighted by molar-refractivity contribution is 5.40. The fraction of sp³-hybridized carbons (Fsp3) is 0.333. The van der Waals surface area contributed by atoms with E-state index in [1.807, 2.05) is 31.2 Å². The minimum Gasteiger partial charge on any atom is -0.494 e. The highest BCUT2D eigenvalue weighted by Gasteiger charge is 1.94. The van der Waals surface area contributed by atoms with Gasteiger partial charge in [-0.1, -0.05) is 25.7 Å². The Morgan fingerprint density at radius 1 is 1.00 bits per heavy atom. The molecule has 0 unspecified atom stereocenters. The number of hydrogen-bond donors (Lipinski definition) is 0. The minimum absolute atomic E-state index is 0.542. The summed E-state index contributed by atoms with van der Waals surface area (Å²) in [7, 11) is 0. The maximum absolute atomic E-state index is 5.67. The zero-order chi connectivity index (χ0) is 14.9. The third-order valence-electron chi connectivity index (χ3n) is 2.97. The average molecular weight is 280 g/mol. The lowest BCUT2D eigenvalue weighted by Crippen LogP contribution is -1.96. The molecule has 0 saturated carbocycles. The van der Waals surface area contributed by atoms with Gasteiger partial charge in [-0.15, -0.1) is 0 Å². The Kier molecular flexibility index (Phi) is 5.78. The lowest BCUT2D eigenvalue weighted by atomic mass is 10.2. The number of aryl methyl sites for hydroxylation is 1. The Morgan fingerprint density at radius 2 is 1.71 bits per heavy atom. The number of unbranched alkanes of at least 4 members (excludes halogenated alkanes) is 2. The van der Waals surface area contributed by atoms with Gasteiger partial charge in [-0.25, -0.2) is 9.97 Å². The fourth-order valence-corrected chi connectivity index (χ4v) is 1.76. The highest BCUT2D eigenvalue weighted by Crippen LogP contribution is 2.12. The van der Waals surface area contributed by atoms with Gasteiger partial charge in [0.15, 0.2) is 0 Å². The Morgan fingerprint density at radius 3 is 2.38 bits per heavy atom. The summed E-state index contributed by atoms with van der Waals surface area (Å²) in [6, 6.07) is 7.81. The second kappa shape index (κ2) is 8.06. The van der Waals surface area contributed by atoms with Gasteiger partial charge >= 0.3 is 0 Å². The number of ether oxygens (including phenoxy) is 1. The van der Waals surface area contributed by atoms with Crippen LogP contribution in [0.1, 0.15) is 43.1 Å². The van der Waals surface area contributed by atoms with Crippen molar-refractivity contribution in [2.24, 2.45) is 0 Å². The van der Waals surface area contributed by atoms with E-state index in [1.54, 1.807) is 12.4 Å². The van der Waals surface area contributed by atoms with Crippen molar-refractivity contribution < 1.29 is 4.74 Å². The molecule has 1 heterocycles. The first-order chi connectivity index (χ1) is 10.3. The number of aromatic nitrogens is 2. The predicted octanol–water partition coefficient (Wildman–Crippen LogP) is 3.75. The van der Waals surface area contributed by atoms with Crippen molar-refractivity contribution in [1.82, 2.24) is 9.97 Å². The van der Waals surface area contributed by atoms with Gasteiger partial charge in [0.05, 0.1) is 6.61 Å². The lowest BCUT2D eigenvalue weighted by Gasteiger charge is -2.05. The van der Waals surface area contributed by atoms with E-state index in [0.29, 0.717) is 5.82 Å². The van der Waals surface area contributed by atoms with Gasteiger partial charge in [0.25, 0.3) is 0 Å². The Balaban J connectivity index is 1.92. The quantitative estimate of drug-likeness (QED) is 0.618. The zero-order valence-electron chi connectivity index (χ0n) is 12.6. The molecule has 1 aromatic heterocycles. The molecular weight excluding hydrogens is 260 g/mol. The molecule has 0 fully saturated rings. The van der Waals surface area contributed by atoms with Crippen LogP contribution in [0, 0.1) is 18.8 Å². The van der Waals surface area contributed by atoms with Crippen LogP contribution in [0.15, 0.2) is 36.7 Å². The molecule has 1 aromatic carbocycles. The summed E-state index contributed by atoms with van der Waals surface area (Å²) in [6.07, 6.45) is 7.05. The molecule has 3 heteroatoms. The molecule has 0 aliphatic rings. The molecule has 0 aliphatic heterocycles. The van der Waals surface area contributed by atoms with Gasteiger partial charge in [-0.3, -0.25) is 0 Å². The van der Waals surface area contributed by atoms with Crippen LogP contribution in [-0.2, 0) is 0 Å². The van der Waals surface area contributed by atoms with Crippen molar-refractivity contribution in [3.8, 4) is 17.6 Å². The summed E-state index contributed by atoms with van der Waals surface area (Å²) in [5, 5.41) is 0. The maximum Gasteiger partial charge on any atom is 0.205 e. The summed E-state index contributed by atoms with van der Waals surface area (Å²) >= 11 is 0. The van der Waals surface area contributed by atoms with Crippen LogP contribution in [0.25, 0.3) is 0 Å². The van der Waals surface area contributed by atoms with Crippen molar-refractivity contribution >= 4 is 0 Å². The van der Waals surface area contributed by atoms with Gasteiger partial charge < -0.3 is 4.74 Å². The van der Waals surface area contributed by atoms with Crippen molar-refractivity contribution in [2.45, 2.75) is 33.1 Å². The molecule has 21 heavy (non-hydrogen) atoms. The molecule has 0 bridgehead atoms. The van der Waals surface area contributed by atoms with E-state index in [0.717, 1.165) is 29.9 Å². The fourth-order valence-electron chi connectivity index (χ4n) is 1.76. The summed E-state index contributed by atoms with van der Waals surface area (Å²) in [4.78, 5) is 8.32. The summed E-state index contributed by atoms with van der Waals surface area (Å²) in [5.74, 6) is 7.44. The molecule has 2 rings (SSSR count). The predicted molar refractivity (Wildman–Crippen MR) is 84.2 cm³/mol.